The molecule has 3 aromatic rings. The van der Waals surface area contributed by atoms with Crippen molar-refractivity contribution in [2.24, 2.45) is 0 Å². The van der Waals surface area contributed by atoms with Crippen LogP contribution < -0.4 is 0 Å². The molecule has 2 aromatic carbocycles. The fraction of sp³-hybridized carbons (Fsp3) is 0.158. The first kappa shape index (κ1) is 17.3. The van der Waals surface area contributed by atoms with Gasteiger partial charge in [-0.1, -0.05) is 52.3 Å². The van der Waals surface area contributed by atoms with Crippen molar-refractivity contribution in [3.05, 3.63) is 76.5 Å². The number of hydrogen-bond acceptors (Lipinski definition) is 4. The lowest BCUT2D eigenvalue weighted by Crippen LogP contribution is -2.36. The van der Waals surface area contributed by atoms with E-state index in [1.54, 1.807) is 24.4 Å². The zero-order valence-corrected chi connectivity index (χ0v) is 16.2. The van der Waals surface area contributed by atoms with Crippen LogP contribution in [-0.4, -0.2) is 29.2 Å². The van der Waals surface area contributed by atoms with Crippen LogP contribution in [0.5, 0.6) is 0 Å². The SMILES string of the molecule is O=S(=O)(c1cccc(Br)c1)N1CCc2nc(-c3ccccc3)ncc2C1. The summed E-state index contributed by atoms with van der Waals surface area (Å²) in [5, 5.41) is 0. The van der Waals surface area contributed by atoms with E-state index in [4.69, 9.17) is 0 Å². The highest BCUT2D eigenvalue weighted by molar-refractivity contribution is 9.10. The second kappa shape index (κ2) is 6.90. The Morgan fingerprint density at radius 1 is 1.04 bits per heavy atom. The van der Waals surface area contributed by atoms with Crippen molar-refractivity contribution in [3.8, 4) is 11.4 Å². The number of nitrogens with zero attached hydrogens (tertiary/aromatic N) is 3. The highest BCUT2D eigenvalue weighted by Gasteiger charge is 2.29. The van der Waals surface area contributed by atoms with E-state index < -0.39 is 10.0 Å². The van der Waals surface area contributed by atoms with Crippen LogP contribution in [0.4, 0.5) is 0 Å². The summed E-state index contributed by atoms with van der Waals surface area (Å²) in [5.41, 5.74) is 2.73. The van der Waals surface area contributed by atoms with Gasteiger partial charge in [-0.05, 0) is 18.2 Å². The largest absolute Gasteiger partial charge is 0.243 e. The zero-order chi connectivity index (χ0) is 18.1. The molecular weight excluding hydrogens is 414 g/mol. The van der Waals surface area contributed by atoms with Crippen LogP contribution in [0.15, 0.2) is 70.2 Å². The van der Waals surface area contributed by atoms with Crippen LogP contribution >= 0.6 is 15.9 Å². The van der Waals surface area contributed by atoms with Crippen molar-refractivity contribution < 1.29 is 8.42 Å². The molecule has 0 radical (unpaired) electrons. The Bertz CT molecular complexity index is 1060. The maximum Gasteiger partial charge on any atom is 0.243 e. The number of fused-ring (bicyclic) bond motifs is 1. The maximum absolute atomic E-state index is 12.9. The molecule has 132 valence electrons. The predicted octanol–water partition coefficient (Wildman–Crippen LogP) is 3.65. The summed E-state index contributed by atoms with van der Waals surface area (Å²) < 4.78 is 28.0. The first-order valence-corrected chi connectivity index (χ1v) is 10.4. The molecule has 1 aliphatic heterocycles. The molecule has 1 aromatic heterocycles. The van der Waals surface area contributed by atoms with E-state index in [1.165, 1.54) is 4.31 Å². The Labute approximate surface area is 160 Å². The van der Waals surface area contributed by atoms with E-state index >= 15 is 0 Å². The van der Waals surface area contributed by atoms with Crippen LogP contribution in [0.2, 0.25) is 0 Å². The molecule has 0 fully saturated rings. The average molecular weight is 430 g/mol. The van der Waals surface area contributed by atoms with E-state index in [0.29, 0.717) is 25.3 Å². The number of rotatable bonds is 3. The smallest absolute Gasteiger partial charge is 0.236 e. The lowest BCUT2D eigenvalue weighted by molar-refractivity contribution is 0.387. The summed E-state index contributed by atoms with van der Waals surface area (Å²) >= 11 is 3.33. The standard InChI is InChI=1S/C19H16BrN3O2S/c20-16-7-4-8-17(11-16)26(24,25)23-10-9-18-15(13-23)12-21-19(22-18)14-5-2-1-3-6-14/h1-8,11-12H,9-10,13H2. The van der Waals surface area contributed by atoms with Crippen molar-refractivity contribution in [1.29, 1.82) is 0 Å². The molecule has 26 heavy (non-hydrogen) atoms. The quantitative estimate of drug-likeness (QED) is 0.637. The molecule has 0 bridgehead atoms. The third-order valence-electron chi connectivity index (χ3n) is 4.36. The van der Waals surface area contributed by atoms with Crippen molar-refractivity contribution in [2.75, 3.05) is 6.54 Å². The van der Waals surface area contributed by atoms with Gasteiger partial charge in [-0.2, -0.15) is 4.31 Å². The number of sulfonamides is 1. The van der Waals surface area contributed by atoms with Gasteiger partial charge in [0.2, 0.25) is 10.0 Å². The first-order valence-electron chi connectivity index (χ1n) is 8.20. The highest BCUT2D eigenvalue weighted by Crippen LogP contribution is 2.26. The molecule has 0 saturated heterocycles. The van der Waals surface area contributed by atoms with Gasteiger partial charge in [-0.15, -0.1) is 0 Å². The highest BCUT2D eigenvalue weighted by atomic mass is 79.9. The van der Waals surface area contributed by atoms with Gasteiger partial charge in [0.25, 0.3) is 0 Å². The molecular formula is C19H16BrN3O2S. The summed E-state index contributed by atoms with van der Waals surface area (Å²) in [7, 11) is -3.54. The lowest BCUT2D eigenvalue weighted by Gasteiger charge is -2.27. The van der Waals surface area contributed by atoms with Crippen LogP contribution in [0, 0.1) is 0 Å². The summed E-state index contributed by atoms with van der Waals surface area (Å²) in [5.74, 6) is 0.674. The Hall–Kier alpha value is -2.09. The van der Waals surface area contributed by atoms with Gasteiger partial charge < -0.3 is 0 Å². The molecule has 5 nitrogen and oxygen atoms in total. The van der Waals surface area contributed by atoms with Crippen molar-refractivity contribution in [1.82, 2.24) is 14.3 Å². The lowest BCUT2D eigenvalue weighted by atomic mass is 10.1. The van der Waals surface area contributed by atoms with E-state index in [2.05, 4.69) is 25.9 Å². The van der Waals surface area contributed by atoms with Gasteiger partial charge in [0.1, 0.15) is 0 Å². The molecule has 4 rings (SSSR count). The molecule has 0 spiro atoms. The number of halogens is 1. The van der Waals surface area contributed by atoms with Gasteiger partial charge in [-0.25, -0.2) is 18.4 Å². The number of hydrogen-bond donors (Lipinski definition) is 0. The Balaban J connectivity index is 1.62. The van der Waals surface area contributed by atoms with Crippen molar-refractivity contribution in [3.63, 3.8) is 0 Å². The molecule has 0 aliphatic carbocycles. The Kier molecular flexibility index (Phi) is 4.60. The minimum atomic E-state index is -3.54. The van der Waals surface area contributed by atoms with Gasteiger partial charge in [-0.3, -0.25) is 0 Å². The van der Waals surface area contributed by atoms with Crippen LogP contribution in [0.1, 0.15) is 11.3 Å². The average Bonchev–Trinajstić information content (AvgIpc) is 2.68. The monoisotopic (exact) mass is 429 g/mol. The Morgan fingerprint density at radius 3 is 2.62 bits per heavy atom. The third kappa shape index (κ3) is 3.30. The normalized spacial score (nSPS) is 14.8. The molecule has 7 heteroatoms. The maximum atomic E-state index is 12.9. The van der Waals surface area contributed by atoms with Gasteiger partial charge in [0.05, 0.1) is 10.6 Å². The van der Waals surface area contributed by atoms with Gasteiger partial charge in [0, 0.05) is 41.3 Å². The van der Waals surface area contributed by atoms with E-state index in [-0.39, 0.29) is 4.90 Å². The minimum absolute atomic E-state index is 0.289. The van der Waals surface area contributed by atoms with Gasteiger partial charge in [0.15, 0.2) is 5.82 Å². The minimum Gasteiger partial charge on any atom is -0.236 e. The first-order chi connectivity index (χ1) is 12.5. The summed E-state index contributed by atoms with van der Waals surface area (Å²) in [6, 6.07) is 16.6. The predicted molar refractivity (Wildman–Crippen MR) is 103 cm³/mol. The molecule has 2 heterocycles. The number of benzene rings is 2. The Morgan fingerprint density at radius 2 is 1.85 bits per heavy atom. The second-order valence-corrected chi connectivity index (χ2v) is 8.93. The number of aromatic nitrogens is 2. The summed E-state index contributed by atoms with van der Waals surface area (Å²) in [6.07, 6.45) is 2.32. The topological polar surface area (TPSA) is 63.2 Å². The van der Waals surface area contributed by atoms with Gasteiger partial charge >= 0.3 is 0 Å². The van der Waals surface area contributed by atoms with E-state index in [1.807, 2.05) is 36.4 Å². The molecule has 1 aliphatic rings. The van der Waals surface area contributed by atoms with Crippen LogP contribution in [-0.2, 0) is 23.0 Å². The molecule has 0 N–H and O–H groups in total. The molecule has 0 atom stereocenters. The van der Waals surface area contributed by atoms with Crippen molar-refractivity contribution in [2.45, 2.75) is 17.9 Å². The fourth-order valence-electron chi connectivity index (χ4n) is 3.00. The molecule has 0 unspecified atom stereocenters. The van der Waals surface area contributed by atoms with Crippen LogP contribution in [0.25, 0.3) is 11.4 Å². The summed E-state index contributed by atoms with van der Waals surface area (Å²) in [6.45, 7) is 0.701. The fourth-order valence-corrected chi connectivity index (χ4v) is 5.01. The molecule has 0 amide bonds. The van der Waals surface area contributed by atoms with E-state index in [0.717, 1.165) is 21.3 Å². The summed E-state index contributed by atoms with van der Waals surface area (Å²) in [4.78, 5) is 9.36. The van der Waals surface area contributed by atoms with E-state index in [9.17, 15) is 8.42 Å². The van der Waals surface area contributed by atoms with Crippen LogP contribution in [0.3, 0.4) is 0 Å². The second-order valence-electron chi connectivity index (χ2n) is 6.08. The zero-order valence-electron chi connectivity index (χ0n) is 13.8. The molecule has 0 saturated carbocycles. The van der Waals surface area contributed by atoms with Crippen molar-refractivity contribution >= 4 is 26.0 Å². The third-order valence-corrected chi connectivity index (χ3v) is 6.70.